The number of hydrogen-bond acceptors (Lipinski definition) is 3. The molecule has 18 heavy (non-hydrogen) atoms. The normalized spacial score (nSPS) is 14.0. The van der Waals surface area contributed by atoms with E-state index in [-0.39, 0.29) is 0 Å². The predicted octanol–water partition coefficient (Wildman–Crippen LogP) is 2.21. The van der Waals surface area contributed by atoms with Crippen LogP contribution in [0, 0.1) is 11.7 Å². The molecule has 1 rings (SSSR count). The number of halogens is 1. The average Bonchev–Trinajstić information content (AvgIpc) is 2.35. The topological polar surface area (TPSA) is 58.6 Å². The van der Waals surface area contributed by atoms with Crippen molar-refractivity contribution in [3.63, 3.8) is 0 Å². The van der Waals surface area contributed by atoms with Crippen LogP contribution in [-0.2, 0) is 4.79 Å². The highest BCUT2D eigenvalue weighted by molar-refractivity contribution is 5.71. The maximum Gasteiger partial charge on any atom is 0.308 e. The van der Waals surface area contributed by atoms with Gasteiger partial charge in [0.05, 0.1) is 13.0 Å². The molecular formula is C13H18FNO3. The summed E-state index contributed by atoms with van der Waals surface area (Å²) >= 11 is 0. The van der Waals surface area contributed by atoms with E-state index in [1.54, 1.807) is 14.0 Å². The molecule has 2 N–H and O–H groups in total. The molecule has 2 atom stereocenters. The van der Waals surface area contributed by atoms with E-state index in [1.165, 1.54) is 25.3 Å². The summed E-state index contributed by atoms with van der Waals surface area (Å²) in [7, 11) is 3.13. The standard InChI is InChI=1S/C13H18FNO3/c1-4-9(13(16)17)12(15-2)10-7-8(14)5-6-11(10)18-3/h5-7,9,12,15H,4H2,1-3H3,(H,16,17). The zero-order valence-corrected chi connectivity index (χ0v) is 10.7. The molecule has 0 aromatic heterocycles. The molecule has 100 valence electrons. The molecule has 0 radical (unpaired) electrons. The summed E-state index contributed by atoms with van der Waals surface area (Å²) in [5.41, 5.74) is 0.522. The molecule has 0 saturated heterocycles. The zero-order chi connectivity index (χ0) is 13.7. The lowest BCUT2D eigenvalue weighted by molar-refractivity contribution is -0.143. The molecule has 0 heterocycles. The first-order chi connectivity index (χ1) is 8.54. The first kappa shape index (κ1) is 14.4. The molecule has 1 aromatic rings. The monoisotopic (exact) mass is 255 g/mol. The van der Waals surface area contributed by atoms with Gasteiger partial charge in [-0.3, -0.25) is 4.79 Å². The summed E-state index contributed by atoms with van der Waals surface area (Å²) in [5.74, 6) is -1.48. The largest absolute Gasteiger partial charge is 0.496 e. The van der Waals surface area contributed by atoms with E-state index in [2.05, 4.69) is 5.32 Å². The molecule has 5 heteroatoms. The highest BCUT2D eigenvalue weighted by Crippen LogP contribution is 2.32. The summed E-state index contributed by atoms with van der Waals surface area (Å²) in [5, 5.41) is 12.1. The maximum atomic E-state index is 13.3. The van der Waals surface area contributed by atoms with Crippen LogP contribution in [0.2, 0.25) is 0 Å². The summed E-state index contributed by atoms with van der Waals surface area (Å²) in [6.45, 7) is 1.79. The number of ether oxygens (including phenoxy) is 1. The number of rotatable bonds is 6. The Balaban J connectivity index is 3.22. The van der Waals surface area contributed by atoms with E-state index >= 15 is 0 Å². The molecule has 2 unspecified atom stereocenters. The Morgan fingerprint density at radius 1 is 1.56 bits per heavy atom. The molecule has 0 aliphatic rings. The van der Waals surface area contributed by atoms with Gasteiger partial charge in [0, 0.05) is 11.6 Å². The van der Waals surface area contributed by atoms with Gasteiger partial charge in [0.1, 0.15) is 11.6 Å². The van der Waals surface area contributed by atoms with Crippen molar-refractivity contribution in [3.05, 3.63) is 29.6 Å². The first-order valence-electron chi connectivity index (χ1n) is 5.78. The third kappa shape index (κ3) is 2.98. The van der Waals surface area contributed by atoms with E-state index in [1.807, 2.05) is 0 Å². The second-order valence-corrected chi connectivity index (χ2v) is 4.01. The van der Waals surface area contributed by atoms with Crippen LogP contribution in [-0.4, -0.2) is 25.2 Å². The minimum atomic E-state index is -0.914. The van der Waals surface area contributed by atoms with E-state index in [0.29, 0.717) is 17.7 Å². The Morgan fingerprint density at radius 3 is 2.67 bits per heavy atom. The minimum Gasteiger partial charge on any atom is -0.496 e. The van der Waals surface area contributed by atoms with Gasteiger partial charge >= 0.3 is 5.97 Å². The van der Waals surface area contributed by atoms with Crippen LogP contribution in [0.4, 0.5) is 4.39 Å². The Kier molecular flexibility index (Phi) is 5.09. The number of carboxylic acid groups (broad SMARTS) is 1. The predicted molar refractivity (Wildman–Crippen MR) is 66.2 cm³/mol. The van der Waals surface area contributed by atoms with Gasteiger partial charge in [-0.2, -0.15) is 0 Å². The van der Waals surface area contributed by atoms with Crippen molar-refractivity contribution in [2.45, 2.75) is 19.4 Å². The van der Waals surface area contributed by atoms with Crippen molar-refractivity contribution >= 4 is 5.97 Å². The Hall–Kier alpha value is -1.62. The molecule has 0 saturated carbocycles. The second kappa shape index (κ2) is 6.35. The summed E-state index contributed by atoms with van der Waals surface area (Å²) < 4.78 is 18.5. The maximum absolute atomic E-state index is 13.3. The summed E-state index contributed by atoms with van der Waals surface area (Å²) in [6.07, 6.45) is 0.445. The fraction of sp³-hybridized carbons (Fsp3) is 0.462. The van der Waals surface area contributed by atoms with Crippen LogP contribution in [0.15, 0.2) is 18.2 Å². The first-order valence-corrected chi connectivity index (χ1v) is 5.78. The number of nitrogens with one attached hydrogen (secondary N) is 1. The molecular weight excluding hydrogens is 237 g/mol. The highest BCUT2D eigenvalue weighted by Gasteiger charge is 2.29. The van der Waals surface area contributed by atoms with Crippen LogP contribution in [0.1, 0.15) is 24.9 Å². The number of methoxy groups -OCH3 is 1. The number of benzene rings is 1. The van der Waals surface area contributed by atoms with Crippen LogP contribution >= 0.6 is 0 Å². The molecule has 0 spiro atoms. The molecule has 4 nitrogen and oxygen atoms in total. The fourth-order valence-electron chi connectivity index (χ4n) is 2.07. The van der Waals surface area contributed by atoms with Crippen LogP contribution in [0.5, 0.6) is 5.75 Å². The SMILES string of the molecule is CCC(C(=O)O)C(NC)c1cc(F)ccc1OC. The van der Waals surface area contributed by atoms with E-state index < -0.39 is 23.7 Å². The lowest BCUT2D eigenvalue weighted by Crippen LogP contribution is -2.30. The minimum absolute atomic E-state index is 0.411. The quantitative estimate of drug-likeness (QED) is 0.818. The van der Waals surface area contributed by atoms with Gasteiger partial charge in [-0.15, -0.1) is 0 Å². The lowest BCUT2D eigenvalue weighted by atomic mass is 9.90. The summed E-state index contributed by atoms with van der Waals surface area (Å²) in [6, 6.07) is 3.62. The van der Waals surface area contributed by atoms with Crippen LogP contribution in [0.25, 0.3) is 0 Å². The van der Waals surface area contributed by atoms with Crippen molar-refractivity contribution in [2.24, 2.45) is 5.92 Å². The van der Waals surface area contributed by atoms with Gasteiger partial charge in [-0.05, 0) is 31.7 Å². The number of aliphatic carboxylic acids is 1. The van der Waals surface area contributed by atoms with Gasteiger partial charge in [0.2, 0.25) is 0 Å². The van der Waals surface area contributed by atoms with Gasteiger partial charge in [0.25, 0.3) is 0 Å². The van der Waals surface area contributed by atoms with Crippen LogP contribution < -0.4 is 10.1 Å². The smallest absolute Gasteiger partial charge is 0.308 e. The molecule has 0 bridgehead atoms. The molecule has 0 fully saturated rings. The van der Waals surface area contributed by atoms with Gasteiger partial charge in [-0.25, -0.2) is 4.39 Å². The van der Waals surface area contributed by atoms with Gasteiger partial charge < -0.3 is 15.2 Å². The fourth-order valence-corrected chi connectivity index (χ4v) is 2.07. The van der Waals surface area contributed by atoms with E-state index in [0.717, 1.165) is 0 Å². The second-order valence-electron chi connectivity index (χ2n) is 4.01. The Bertz CT molecular complexity index is 423. The number of hydrogen-bond donors (Lipinski definition) is 2. The van der Waals surface area contributed by atoms with Crippen molar-refractivity contribution < 1.29 is 19.0 Å². The lowest BCUT2D eigenvalue weighted by Gasteiger charge is -2.24. The third-order valence-corrected chi connectivity index (χ3v) is 3.00. The number of carbonyl (C=O) groups is 1. The Morgan fingerprint density at radius 2 is 2.22 bits per heavy atom. The third-order valence-electron chi connectivity index (χ3n) is 3.00. The summed E-state index contributed by atoms with van der Waals surface area (Å²) in [4.78, 5) is 11.2. The zero-order valence-electron chi connectivity index (χ0n) is 10.7. The average molecular weight is 255 g/mol. The van der Waals surface area contributed by atoms with Gasteiger partial charge in [-0.1, -0.05) is 6.92 Å². The molecule has 0 amide bonds. The highest BCUT2D eigenvalue weighted by atomic mass is 19.1. The van der Waals surface area contributed by atoms with E-state index in [9.17, 15) is 14.3 Å². The Labute approximate surface area is 106 Å². The molecule has 1 aromatic carbocycles. The van der Waals surface area contributed by atoms with E-state index in [4.69, 9.17) is 4.74 Å². The van der Waals surface area contributed by atoms with Crippen molar-refractivity contribution in [2.75, 3.05) is 14.2 Å². The van der Waals surface area contributed by atoms with Crippen molar-refractivity contribution in [1.29, 1.82) is 0 Å². The molecule has 0 aliphatic heterocycles. The van der Waals surface area contributed by atoms with Crippen LogP contribution in [0.3, 0.4) is 0 Å². The van der Waals surface area contributed by atoms with Crippen molar-refractivity contribution in [3.8, 4) is 5.75 Å². The number of carboxylic acids is 1. The molecule has 0 aliphatic carbocycles. The van der Waals surface area contributed by atoms with Crippen molar-refractivity contribution in [1.82, 2.24) is 5.32 Å². The van der Waals surface area contributed by atoms with Gasteiger partial charge in [0.15, 0.2) is 0 Å².